The summed E-state index contributed by atoms with van der Waals surface area (Å²) in [4.78, 5) is 12.1. The fourth-order valence-corrected chi connectivity index (χ4v) is 2.01. The van der Waals surface area contributed by atoms with Gasteiger partial charge in [0.15, 0.2) is 0 Å². The number of phenolic OH excluding ortho intramolecular Hbond substituents is 1. The van der Waals surface area contributed by atoms with Crippen molar-refractivity contribution in [3.8, 4) is 11.5 Å². The Balaban J connectivity index is 2.38. The highest BCUT2D eigenvalue weighted by molar-refractivity contribution is 6.31. The van der Waals surface area contributed by atoms with Crippen molar-refractivity contribution in [1.82, 2.24) is 0 Å². The van der Waals surface area contributed by atoms with Gasteiger partial charge in [0, 0.05) is 11.1 Å². The number of amides is 1. The van der Waals surface area contributed by atoms with Crippen LogP contribution in [0.1, 0.15) is 15.9 Å². The Morgan fingerprint density at radius 1 is 1.38 bits per heavy atom. The van der Waals surface area contributed by atoms with Gasteiger partial charge >= 0.3 is 0 Å². The summed E-state index contributed by atoms with van der Waals surface area (Å²) >= 11 is 5.98. The number of rotatable bonds is 3. The molecule has 0 heterocycles. The van der Waals surface area contributed by atoms with E-state index in [0.717, 1.165) is 11.6 Å². The number of hydrogen-bond donors (Lipinski definition) is 2. The largest absolute Gasteiger partial charge is 0.507 e. The molecule has 0 unspecified atom stereocenters. The maximum atomic E-state index is 13.7. The molecule has 110 valence electrons. The van der Waals surface area contributed by atoms with Crippen LogP contribution in [0.2, 0.25) is 5.02 Å². The molecule has 1 amide bonds. The highest BCUT2D eigenvalue weighted by atomic mass is 35.5. The van der Waals surface area contributed by atoms with Gasteiger partial charge in [-0.15, -0.1) is 0 Å². The van der Waals surface area contributed by atoms with Gasteiger partial charge in [0.25, 0.3) is 5.91 Å². The highest BCUT2D eigenvalue weighted by Gasteiger charge is 2.18. The fourth-order valence-electron chi connectivity index (χ4n) is 1.85. The fraction of sp³-hybridized carbons (Fsp3) is 0.133. The predicted octanol–water partition coefficient (Wildman–Crippen LogP) is 3.75. The number of nitrogens with one attached hydrogen (secondary N) is 1. The molecule has 21 heavy (non-hydrogen) atoms. The van der Waals surface area contributed by atoms with Gasteiger partial charge in [-0.05, 0) is 30.7 Å². The Bertz CT molecular complexity index is 683. The molecule has 0 atom stereocenters. The third kappa shape index (κ3) is 3.08. The summed E-state index contributed by atoms with van der Waals surface area (Å²) < 4.78 is 18.8. The summed E-state index contributed by atoms with van der Waals surface area (Å²) in [6, 6.07) is 6.81. The molecule has 4 nitrogen and oxygen atoms in total. The van der Waals surface area contributed by atoms with Gasteiger partial charge in [0.1, 0.15) is 22.9 Å². The van der Waals surface area contributed by atoms with Gasteiger partial charge in [0.2, 0.25) is 0 Å². The number of carbonyl (C=O) groups excluding carboxylic acids is 1. The zero-order valence-corrected chi connectivity index (χ0v) is 12.2. The van der Waals surface area contributed by atoms with Crippen molar-refractivity contribution in [3.05, 3.63) is 52.3 Å². The number of benzene rings is 2. The van der Waals surface area contributed by atoms with Crippen LogP contribution in [-0.2, 0) is 0 Å². The van der Waals surface area contributed by atoms with E-state index in [9.17, 15) is 14.3 Å². The minimum Gasteiger partial charge on any atom is -0.507 e. The molecule has 0 aliphatic carbocycles. The molecular weight excluding hydrogens is 297 g/mol. The van der Waals surface area contributed by atoms with E-state index in [4.69, 9.17) is 16.3 Å². The number of methoxy groups -OCH3 is 1. The van der Waals surface area contributed by atoms with Gasteiger partial charge in [-0.1, -0.05) is 17.7 Å². The van der Waals surface area contributed by atoms with Crippen molar-refractivity contribution in [2.75, 3.05) is 12.4 Å². The first kappa shape index (κ1) is 15.1. The number of aryl methyl sites for hydroxylation is 1. The minimum absolute atomic E-state index is 0.340. The van der Waals surface area contributed by atoms with Crippen LogP contribution in [0.4, 0.5) is 10.1 Å². The highest BCUT2D eigenvalue weighted by Crippen LogP contribution is 2.32. The first-order valence-corrected chi connectivity index (χ1v) is 6.44. The topological polar surface area (TPSA) is 58.6 Å². The van der Waals surface area contributed by atoms with E-state index in [2.05, 4.69) is 5.32 Å². The van der Waals surface area contributed by atoms with E-state index in [1.807, 2.05) is 0 Å². The molecule has 0 saturated heterocycles. The van der Waals surface area contributed by atoms with Gasteiger partial charge < -0.3 is 15.2 Å². The lowest BCUT2D eigenvalue weighted by Gasteiger charge is -2.13. The zero-order valence-electron chi connectivity index (χ0n) is 11.4. The summed E-state index contributed by atoms with van der Waals surface area (Å²) in [6.07, 6.45) is 0. The lowest BCUT2D eigenvalue weighted by molar-refractivity contribution is 0.102. The van der Waals surface area contributed by atoms with Crippen molar-refractivity contribution in [1.29, 1.82) is 0 Å². The molecule has 0 bridgehead atoms. The molecule has 2 N–H and O–H groups in total. The Morgan fingerprint density at radius 2 is 2.10 bits per heavy atom. The summed E-state index contributed by atoms with van der Waals surface area (Å²) in [5, 5.41) is 12.6. The normalized spacial score (nSPS) is 10.3. The van der Waals surface area contributed by atoms with Gasteiger partial charge in [-0.3, -0.25) is 4.79 Å². The van der Waals surface area contributed by atoms with Gasteiger partial charge in [-0.25, -0.2) is 4.39 Å². The molecule has 6 heteroatoms. The molecule has 0 spiro atoms. The average molecular weight is 310 g/mol. The number of anilines is 1. The van der Waals surface area contributed by atoms with Crippen LogP contribution in [-0.4, -0.2) is 18.1 Å². The van der Waals surface area contributed by atoms with Crippen LogP contribution in [0.3, 0.4) is 0 Å². The average Bonchev–Trinajstić information content (AvgIpc) is 2.42. The van der Waals surface area contributed by atoms with Gasteiger partial charge in [0.05, 0.1) is 12.8 Å². The second-order valence-electron chi connectivity index (χ2n) is 4.39. The van der Waals surface area contributed by atoms with Crippen LogP contribution >= 0.6 is 11.6 Å². The number of halogens is 2. The van der Waals surface area contributed by atoms with E-state index >= 15 is 0 Å². The molecule has 0 aliphatic rings. The summed E-state index contributed by atoms with van der Waals surface area (Å²) in [5.74, 6) is -1.67. The molecule has 0 saturated carbocycles. The van der Waals surface area contributed by atoms with Crippen LogP contribution in [0.15, 0.2) is 30.3 Å². The molecule has 2 aromatic carbocycles. The van der Waals surface area contributed by atoms with Crippen molar-refractivity contribution in [2.45, 2.75) is 6.92 Å². The number of hydrogen-bond acceptors (Lipinski definition) is 3. The monoisotopic (exact) mass is 309 g/mol. The third-order valence-electron chi connectivity index (χ3n) is 2.95. The van der Waals surface area contributed by atoms with Crippen molar-refractivity contribution in [2.24, 2.45) is 0 Å². The Morgan fingerprint density at radius 3 is 2.71 bits per heavy atom. The van der Waals surface area contributed by atoms with Crippen LogP contribution in [0.5, 0.6) is 11.5 Å². The van der Waals surface area contributed by atoms with Crippen molar-refractivity contribution < 1.29 is 19.0 Å². The molecule has 0 fully saturated rings. The third-order valence-corrected chi connectivity index (χ3v) is 3.35. The number of ether oxygens (including phenoxy) is 1. The van der Waals surface area contributed by atoms with E-state index in [1.165, 1.54) is 19.2 Å². The first-order chi connectivity index (χ1) is 9.93. The standard InChI is InChI=1S/C15H13ClFNO3/c1-8-6-11(13(21-2)7-9(8)16)18-15(20)14-10(17)4-3-5-12(14)19/h3-7,19H,1-2H3,(H,18,20). The second kappa shape index (κ2) is 6.01. The van der Waals surface area contributed by atoms with Crippen molar-refractivity contribution >= 4 is 23.2 Å². The SMILES string of the molecule is COc1cc(Cl)c(C)cc1NC(=O)c1c(O)cccc1F. The van der Waals surface area contributed by atoms with Crippen LogP contribution < -0.4 is 10.1 Å². The van der Waals surface area contributed by atoms with E-state index in [-0.39, 0.29) is 0 Å². The maximum absolute atomic E-state index is 13.7. The van der Waals surface area contributed by atoms with E-state index in [0.29, 0.717) is 16.5 Å². The Hall–Kier alpha value is -2.27. The predicted molar refractivity (Wildman–Crippen MR) is 78.8 cm³/mol. The van der Waals surface area contributed by atoms with E-state index in [1.54, 1.807) is 19.1 Å². The smallest absolute Gasteiger partial charge is 0.262 e. The molecule has 0 radical (unpaired) electrons. The van der Waals surface area contributed by atoms with Crippen LogP contribution in [0, 0.1) is 12.7 Å². The molecular formula is C15H13ClFNO3. The zero-order chi connectivity index (χ0) is 15.6. The molecule has 2 aromatic rings. The lowest BCUT2D eigenvalue weighted by atomic mass is 10.1. The summed E-state index contributed by atoms with van der Waals surface area (Å²) in [5.41, 5.74) is 0.643. The molecule has 2 rings (SSSR count). The Kier molecular flexibility index (Phi) is 4.33. The Labute approximate surface area is 126 Å². The van der Waals surface area contributed by atoms with Gasteiger partial charge in [-0.2, -0.15) is 0 Å². The molecule has 0 aliphatic heterocycles. The summed E-state index contributed by atoms with van der Waals surface area (Å²) in [7, 11) is 1.43. The quantitative estimate of drug-likeness (QED) is 0.907. The number of carbonyl (C=O) groups is 1. The maximum Gasteiger partial charge on any atom is 0.262 e. The lowest BCUT2D eigenvalue weighted by Crippen LogP contribution is -2.14. The minimum atomic E-state index is -0.808. The second-order valence-corrected chi connectivity index (χ2v) is 4.80. The number of aromatic hydroxyl groups is 1. The van der Waals surface area contributed by atoms with Crippen LogP contribution in [0.25, 0.3) is 0 Å². The van der Waals surface area contributed by atoms with Crippen molar-refractivity contribution in [3.63, 3.8) is 0 Å². The first-order valence-electron chi connectivity index (χ1n) is 6.07. The number of phenols is 1. The molecule has 0 aromatic heterocycles. The van der Waals surface area contributed by atoms with E-state index < -0.39 is 23.0 Å². The summed E-state index contributed by atoms with van der Waals surface area (Å²) in [6.45, 7) is 1.76.